The van der Waals surface area contributed by atoms with Crippen LogP contribution in [0.1, 0.15) is 35.3 Å². The standard InChI is InChI=1S/C30H30N4O3S/c1-20-11-13-23(14-12-20)29(35)31-26(30(36)33-17-21(2)37-22(3)18-33)16-24-19-34(25-8-5-4-6-9-25)32-28(24)27-10-7-15-38-27/h4-16,19,21-22H,17-18H2,1-3H3,(H,31,35)/b26-16-/t21-,22-/m0/s1. The fraction of sp³-hybridized carbons (Fsp3) is 0.233. The van der Waals surface area contributed by atoms with E-state index < -0.39 is 0 Å². The first-order valence-corrected chi connectivity index (χ1v) is 13.5. The Labute approximate surface area is 226 Å². The number of hydrogen-bond donors (Lipinski definition) is 1. The van der Waals surface area contributed by atoms with E-state index in [0.29, 0.717) is 18.7 Å². The minimum absolute atomic E-state index is 0.0979. The number of nitrogens with one attached hydrogen (secondary N) is 1. The average molecular weight is 527 g/mol. The molecule has 0 spiro atoms. The second kappa shape index (κ2) is 11.2. The molecule has 2 amide bonds. The zero-order chi connectivity index (χ0) is 26.6. The van der Waals surface area contributed by atoms with Crippen LogP contribution in [-0.2, 0) is 9.53 Å². The van der Waals surface area contributed by atoms with Gasteiger partial charge in [0, 0.05) is 30.4 Å². The number of ether oxygens (including phenoxy) is 1. The molecular formula is C30H30N4O3S. The van der Waals surface area contributed by atoms with Crippen molar-refractivity contribution in [1.29, 1.82) is 0 Å². The van der Waals surface area contributed by atoms with Crippen LogP contribution < -0.4 is 5.32 Å². The van der Waals surface area contributed by atoms with Crippen LogP contribution in [0.5, 0.6) is 0 Å². The van der Waals surface area contributed by atoms with Gasteiger partial charge in [0.2, 0.25) is 0 Å². The molecule has 1 saturated heterocycles. The Morgan fingerprint density at radius 1 is 1.00 bits per heavy atom. The monoisotopic (exact) mass is 526 g/mol. The fourth-order valence-electron chi connectivity index (χ4n) is 4.53. The first-order valence-electron chi connectivity index (χ1n) is 12.6. The number of amides is 2. The van der Waals surface area contributed by atoms with Crippen molar-refractivity contribution in [3.8, 4) is 16.3 Å². The van der Waals surface area contributed by atoms with E-state index in [2.05, 4.69) is 5.32 Å². The average Bonchev–Trinajstić information content (AvgIpc) is 3.58. The molecule has 1 fully saturated rings. The molecule has 2 aromatic heterocycles. The molecule has 3 heterocycles. The molecule has 2 aromatic carbocycles. The quantitative estimate of drug-likeness (QED) is 0.345. The van der Waals surface area contributed by atoms with Crippen molar-refractivity contribution in [2.75, 3.05) is 13.1 Å². The van der Waals surface area contributed by atoms with E-state index in [1.54, 1.807) is 39.1 Å². The molecular weight excluding hydrogens is 496 g/mol. The molecule has 1 aliphatic rings. The summed E-state index contributed by atoms with van der Waals surface area (Å²) in [6.07, 6.45) is 3.43. The third-order valence-corrected chi connectivity index (χ3v) is 7.19. The highest BCUT2D eigenvalue weighted by Crippen LogP contribution is 2.29. The molecule has 5 rings (SSSR count). The summed E-state index contributed by atoms with van der Waals surface area (Å²) in [6.45, 7) is 6.75. The van der Waals surface area contributed by atoms with Crippen molar-refractivity contribution in [1.82, 2.24) is 20.0 Å². The van der Waals surface area contributed by atoms with Gasteiger partial charge in [-0.1, -0.05) is 42.0 Å². The van der Waals surface area contributed by atoms with Crippen LogP contribution in [0.2, 0.25) is 0 Å². The molecule has 0 saturated carbocycles. The SMILES string of the molecule is Cc1ccc(C(=O)N/C(=C\c2cn(-c3ccccc3)nc2-c2cccs2)C(=O)N2C[C@H](C)O[C@@H](C)C2)cc1. The van der Waals surface area contributed by atoms with Gasteiger partial charge in [-0.05, 0) is 62.6 Å². The molecule has 8 heteroatoms. The molecule has 7 nitrogen and oxygen atoms in total. The van der Waals surface area contributed by atoms with Gasteiger partial charge in [0.1, 0.15) is 11.4 Å². The van der Waals surface area contributed by atoms with Gasteiger partial charge in [-0.2, -0.15) is 5.10 Å². The summed E-state index contributed by atoms with van der Waals surface area (Å²) in [5, 5.41) is 9.74. The van der Waals surface area contributed by atoms with Gasteiger partial charge in [0.15, 0.2) is 0 Å². The third kappa shape index (κ3) is 5.77. The Balaban J connectivity index is 1.57. The van der Waals surface area contributed by atoms with E-state index in [4.69, 9.17) is 9.84 Å². The van der Waals surface area contributed by atoms with Gasteiger partial charge in [-0.25, -0.2) is 4.68 Å². The van der Waals surface area contributed by atoms with E-state index in [1.807, 2.05) is 86.9 Å². The number of thiophene rings is 1. The second-order valence-corrected chi connectivity index (χ2v) is 10.5. The van der Waals surface area contributed by atoms with Gasteiger partial charge >= 0.3 is 0 Å². The first-order chi connectivity index (χ1) is 18.4. The topological polar surface area (TPSA) is 76.5 Å². The van der Waals surface area contributed by atoms with Crippen LogP contribution in [0.15, 0.2) is 84.0 Å². The molecule has 0 aliphatic carbocycles. The molecule has 38 heavy (non-hydrogen) atoms. The highest BCUT2D eigenvalue weighted by Gasteiger charge is 2.29. The third-order valence-electron chi connectivity index (χ3n) is 6.32. The lowest BCUT2D eigenvalue weighted by molar-refractivity contribution is -0.139. The normalized spacial score (nSPS) is 17.9. The Morgan fingerprint density at radius 2 is 1.71 bits per heavy atom. The number of carbonyl (C=O) groups excluding carboxylic acids is 2. The molecule has 0 radical (unpaired) electrons. The number of aromatic nitrogens is 2. The summed E-state index contributed by atoms with van der Waals surface area (Å²) in [7, 11) is 0. The summed E-state index contributed by atoms with van der Waals surface area (Å²) in [6, 6.07) is 21.1. The van der Waals surface area contributed by atoms with Gasteiger partial charge in [-0.3, -0.25) is 9.59 Å². The zero-order valence-corrected chi connectivity index (χ0v) is 22.4. The van der Waals surface area contributed by atoms with E-state index in [1.165, 1.54) is 0 Å². The second-order valence-electron chi connectivity index (χ2n) is 9.54. The van der Waals surface area contributed by atoms with E-state index >= 15 is 0 Å². The molecule has 2 atom stereocenters. The van der Waals surface area contributed by atoms with Crippen LogP contribution in [0.4, 0.5) is 0 Å². The van der Waals surface area contributed by atoms with Crippen LogP contribution in [0, 0.1) is 6.92 Å². The number of rotatable bonds is 6. The van der Waals surface area contributed by atoms with Crippen molar-refractivity contribution < 1.29 is 14.3 Å². The summed E-state index contributed by atoms with van der Waals surface area (Å²) >= 11 is 1.57. The molecule has 1 aliphatic heterocycles. The fourth-order valence-corrected chi connectivity index (χ4v) is 5.26. The molecule has 1 N–H and O–H groups in total. The number of hydrogen-bond acceptors (Lipinski definition) is 5. The van der Waals surface area contributed by atoms with Crippen molar-refractivity contribution in [2.24, 2.45) is 0 Å². The lowest BCUT2D eigenvalue weighted by atomic mass is 10.1. The van der Waals surface area contributed by atoms with Gasteiger partial charge < -0.3 is 15.0 Å². The summed E-state index contributed by atoms with van der Waals surface area (Å²) in [5.74, 6) is -0.593. The van der Waals surface area contributed by atoms with Crippen LogP contribution in [0.3, 0.4) is 0 Å². The smallest absolute Gasteiger partial charge is 0.270 e. The van der Waals surface area contributed by atoms with Crippen molar-refractivity contribution >= 4 is 29.2 Å². The van der Waals surface area contributed by atoms with Crippen LogP contribution >= 0.6 is 11.3 Å². The van der Waals surface area contributed by atoms with Crippen LogP contribution in [0.25, 0.3) is 22.3 Å². The maximum Gasteiger partial charge on any atom is 0.270 e. The maximum absolute atomic E-state index is 13.9. The van der Waals surface area contributed by atoms with Gasteiger partial charge in [-0.15, -0.1) is 11.3 Å². The molecule has 194 valence electrons. The number of nitrogens with zero attached hydrogens (tertiary/aromatic N) is 3. The van der Waals surface area contributed by atoms with Crippen LogP contribution in [-0.4, -0.2) is 51.8 Å². The Hall–Kier alpha value is -4.01. The Kier molecular flexibility index (Phi) is 7.53. The molecule has 0 unspecified atom stereocenters. The molecule has 4 aromatic rings. The highest BCUT2D eigenvalue weighted by atomic mass is 32.1. The van der Waals surface area contributed by atoms with E-state index in [0.717, 1.165) is 27.4 Å². The molecule has 0 bridgehead atoms. The minimum atomic E-state index is -0.341. The number of carbonyl (C=O) groups is 2. The predicted octanol–water partition coefficient (Wildman–Crippen LogP) is 5.32. The number of benzene rings is 2. The summed E-state index contributed by atoms with van der Waals surface area (Å²) in [5.41, 5.74) is 4.11. The number of aryl methyl sites for hydroxylation is 1. The van der Waals surface area contributed by atoms with Crippen molar-refractivity contribution in [3.05, 3.63) is 101 Å². The zero-order valence-electron chi connectivity index (χ0n) is 21.6. The van der Waals surface area contributed by atoms with E-state index in [9.17, 15) is 9.59 Å². The number of morpholine rings is 1. The Morgan fingerprint density at radius 3 is 2.37 bits per heavy atom. The van der Waals surface area contributed by atoms with Gasteiger partial charge in [0.05, 0.1) is 22.8 Å². The summed E-state index contributed by atoms with van der Waals surface area (Å²) < 4.78 is 7.63. The number of para-hydroxylation sites is 1. The predicted molar refractivity (Wildman–Crippen MR) is 150 cm³/mol. The first kappa shape index (κ1) is 25.6. The summed E-state index contributed by atoms with van der Waals surface area (Å²) in [4.78, 5) is 29.8. The van der Waals surface area contributed by atoms with E-state index in [-0.39, 0.29) is 29.7 Å². The van der Waals surface area contributed by atoms with Crippen molar-refractivity contribution in [2.45, 2.75) is 33.0 Å². The lowest BCUT2D eigenvalue weighted by Gasteiger charge is -2.35. The van der Waals surface area contributed by atoms with Crippen molar-refractivity contribution in [3.63, 3.8) is 0 Å². The maximum atomic E-state index is 13.9. The lowest BCUT2D eigenvalue weighted by Crippen LogP contribution is -2.50. The van der Waals surface area contributed by atoms with Gasteiger partial charge in [0.25, 0.3) is 11.8 Å². The minimum Gasteiger partial charge on any atom is -0.372 e. The largest absolute Gasteiger partial charge is 0.372 e. The highest BCUT2D eigenvalue weighted by molar-refractivity contribution is 7.13. The Bertz CT molecular complexity index is 1430.